The van der Waals surface area contributed by atoms with E-state index in [1.807, 2.05) is 0 Å². The summed E-state index contributed by atoms with van der Waals surface area (Å²) in [5.74, 6) is -1.57. The number of phenols is 1. The Kier molecular flexibility index (Phi) is 8.36. The maximum Gasteiger partial charge on any atom is 1.00 e. The Balaban J connectivity index is 0.00000320. The van der Waals surface area contributed by atoms with E-state index in [0.717, 1.165) is 0 Å². The minimum atomic E-state index is -3.78. The summed E-state index contributed by atoms with van der Waals surface area (Å²) in [5, 5.41) is 20.5. The molecule has 3 aromatic rings. The third-order valence-electron chi connectivity index (χ3n) is 4.14. The number of benzene rings is 2. The Hall–Kier alpha value is -2.01. The topological polar surface area (TPSA) is 119 Å². The fourth-order valence-electron chi connectivity index (χ4n) is 2.55. The number of aryl methyl sites for hydroxylation is 1. The van der Waals surface area contributed by atoms with Crippen LogP contribution in [-0.4, -0.2) is 24.5 Å². The molecule has 0 atom stereocenters. The number of carbonyl (C=O) groups excluding carboxylic acids is 1. The van der Waals surface area contributed by atoms with E-state index in [-0.39, 0.29) is 73.4 Å². The van der Waals surface area contributed by atoms with Gasteiger partial charge in [-0.05, 0) is 53.9 Å². The van der Waals surface area contributed by atoms with Crippen LogP contribution < -0.4 is 61.2 Å². The molecule has 148 valence electrons. The number of nitrogens with zero attached hydrogens (tertiary/aromatic N) is 1. The molecule has 0 spiro atoms. The van der Waals surface area contributed by atoms with Gasteiger partial charge in [0.15, 0.2) is 0 Å². The van der Waals surface area contributed by atoms with Crippen molar-refractivity contribution in [3.63, 3.8) is 0 Å². The molecule has 2 aromatic carbocycles. The first-order valence-corrected chi connectivity index (χ1v) is 10.0. The molecule has 0 amide bonds. The van der Waals surface area contributed by atoms with Crippen LogP contribution in [0, 0.1) is 6.92 Å². The van der Waals surface area contributed by atoms with Crippen molar-refractivity contribution in [1.29, 1.82) is 0 Å². The maximum absolute atomic E-state index is 12.5. The summed E-state index contributed by atoms with van der Waals surface area (Å²) in [7, 11) is -3.78. The van der Waals surface area contributed by atoms with Crippen LogP contribution in [0.2, 0.25) is 0 Å². The van der Waals surface area contributed by atoms with Crippen molar-refractivity contribution in [3.05, 3.63) is 83.0 Å². The van der Waals surface area contributed by atoms with Gasteiger partial charge in [0.05, 0.1) is 10.9 Å². The minimum Gasteiger partial charge on any atom is -0.545 e. The summed E-state index contributed by atoms with van der Waals surface area (Å²) < 4.78 is 27.5. The number of nitrogens with one attached hydrogen (secondary N) is 1. The molecule has 0 aliphatic rings. The Morgan fingerprint density at radius 1 is 1.07 bits per heavy atom. The average Bonchev–Trinajstić information content (AvgIpc) is 2.69. The van der Waals surface area contributed by atoms with Crippen molar-refractivity contribution >= 4 is 34.0 Å². The fourth-order valence-corrected chi connectivity index (χ4v) is 3.63. The van der Waals surface area contributed by atoms with Crippen molar-refractivity contribution in [2.24, 2.45) is 0 Å². The van der Waals surface area contributed by atoms with E-state index in [0.29, 0.717) is 16.7 Å². The number of hydrogen-bond donors (Lipinski definition) is 2. The first-order valence-electron chi connectivity index (χ1n) is 8.53. The molecule has 2 N–H and O–H groups in total. The first-order chi connectivity index (χ1) is 13.8. The van der Waals surface area contributed by atoms with E-state index < -0.39 is 16.0 Å². The van der Waals surface area contributed by atoms with Gasteiger partial charge >= 0.3 is 51.4 Å². The molecule has 0 saturated heterocycles. The number of aromatic nitrogens is 1. The Morgan fingerprint density at radius 3 is 2.33 bits per heavy atom. The van der Waals surface area contributed by atoms with Gasteiger partial charge in [-0.25, -0.2) is 13.4 Å². The molecule has 0 aliphatic heterocycles. The smallest absolute Gasteiger partial charge is 0.545 e. The van der Waals surface area contributed by atoms with Gasteiger partial charge in [-0.15, -0.1) is 0 Å². The predicted octanol–water partition coefficient (Wildman–Crippen LogP) is -0.566. The number of carbonyl (C=O) groups is 1. The van der Waals surface area contributed by atoms with Crippen molar-refractivity contribution in [2.75, 3.05) is 4.72 Å². The van der Waals surface area contributed by atoms with Gasteiger partial charge in [-0.1, -0.05) is 36.4 Å². The van der Waals surface area contributed by atoms with Gasteiger partial charge in [0.25, 0.3) is 10.0 Å². The molecule has 0 unspecified atom stereocenters. The van der Waals surface area contributed by atoms with Gasteiger partial charge in [0, 0.05) is 11.8 Å². The van der Waals surface area contributed by atoms with Crippen molar-refractivity contribution in [2.45, 2.75) is 11.8 Å². The molecule has 0 aliphatic carbocycles. The third-order valence-corrected chi connectivity index (χ3v) is 5.49. The van der Waals surface area contributed by atoms with Crippen LogP contribution in [0.3, 0.4) is 0 Å². The third kappa shape index (κ3) is 6.00. The second kappa shape index (κ2) is 10.3. The van der Waals surface area contributed by atoms with E-state index in [2.05, 4.69) is 9.71 Å². The number of hydrogen-bond acceptors (Lipinski definition) is 6. The van der Waals surface area contributed by atoms with Gasteiger partial charge in [0.1, 0.15) is 11.6 Å². The van der Waals surface area contributed by atoms with Crippen LogP contribution in [-0.2, 0) is 10.0 Å². The monoisotopic (exact) mass is 448 g/mol. The Bertz CT molecular complexity index is 1190. The van der Waals surface area contributed by atoms with Gasteiger partial charge < -0.3 is 15.0 Å². The van der Waals surface area contributed by atoms with Crippen molar-refractivity contribution in [3.8, 4) is 5.75 Å². The summed E-state index contributed by atoms with van der Waals surface area (Å²) in [5.41, 5.74) is 1.66. The van der Waals surface area contributed by atoms with Gasteiger partial charge in [0.2, 0.25) is 0 Å². The molecule has 0 saturated carbocycles. The summed E-state index contributed by atoms with van der Waals surface area (Å²) in [4.78, 5) is 15.1. The largest absolute Gasteiger partial charge is 1.00 e. The van der Waals surface area contributed by atoms with Crippen LogP contribution >= 0.6 is 0 Å². The van der Waals surface area contributed by atoms with Crippen LogP contribution in [0.25, 0.3) is 12.2 Å². The van der Waals surface area contributed by atoms with E-state index in [9.17, 15) is 23.4 Å². The number of carboxylic acid groups (broad SMARTS) is 1. The average molecular weight is 449 g/mol. The molecular formula is C21H17KN2O5S. The van der Waals surface area contributed by atoms with Gasteiger partial charge in [-0.2, -0.15) is 0 Å². The summed E-state index contributed by atoms with van der Waals surface area (Å²) in [6, 6.07) is 13.8. The molecule has 0 radical (unpaired) electrons. The normalized spacial score (nSPS) is 11.1. The zero-order chi connectivity index (χ0) is 21.0. The SMILES string of the molecule is Cc1cccnc1NS(=O)(=O)c1ccc(/C=C/c2ccc(O)c(C(=O)[O-])c2)cc1.[K+]. The number of aromatic hydroxyl groups is 1. The molecule has 30 heavy (non-hydrogen) atoms. The summed E-state index contributed by atoms with van der Waals surface area (Å²) in [6.07, 6.45) is 4.84. The molecule has 0 bridgehead atoms. The van der Waals surface area contributed by atoms with Crippen molar-refractivity contribution in [1.82, 2.24) is 4.98 Å². The number of pyridine rings is 1. The van der Waals surface area contributed by atoms with Crippen molar-refractivity contribution < 1.29 is 74.8 Å². The van der Waals surface area contributed by atoms with Crippen LogP contribution in [0.15, 0.2) is 65.7 Å². The zero-order valence-electron chi connectivity index (χ0n) is 16.4. The molecule has 9 heteroatoms. The summed E-state index contributed by atoms with van der Waals surface area (Å²) in [6.45, 7) is 1.76. The van der Waals surface area contributed by atoms with E-state index >= 15 is 0 Å². The first kappa shape index (κ1) is 24.3. The molecule has 1 aromatic heterocycles. The minimum absolute atomic E-state index is 0. The molecule has 3 rings (SSSR count). The van der Waals surface area contributed by atoms with E-state index in [4.69, 9.17) is 0 Å². The zero-order valence-corrected chi connectivity index (χ0v) is 20.3. The van der Waals surface area contributed by atoms with Crippen LogP contribution in [0.1, 0.15) is 27.0 Å². The van der Waals surface area contributed by atoms with E-state index in [1.54, 1.807) is 49.4 Å². The quantitative estimate of drug-likeness (QED) is 0.385. The molecule has 0 fully saturated rings. The predicted molar refractivity (Wildman–Crippen MR) is 108 cm³/mol. The Labute approximate surface area is 217 Å². The maximum atomic E-state index is 12.5. The number of sulfonamides is 1. The summed E-state index contributed by atoms with van der Waals surface area (Å²) >= 11 is 0. The Morgan fingerprint density at radius 2 is 1.70 bits per heavy atom. The van der Waals surface area contributed by atoms with E-state index in [1.165, 1.54) is 30.5 Å². The molecule has 1 heterocycles. The number of rotatable bonds is 6. The second-order valence-electron chi connectivity index (χ2n) is 6.24. The van der Waals surface area contributed by atoms with Crippen LogP contribution in [0.5, 0.6) is 5.75 Å². The van der Waals surface area contributed by atoms with Crippen LogP contribution in [0.4, 0.5) is 5.82 Å². The van der Waals surface area contributed by atoms with Gasteiger partial charge in [-0.3, -0.25) is 4.72 Å². The number of carboxylic acids is 1. The standard InChI is InChI=1S/C21H18N2O5S.K/c1-14-3-2-12-22-20(14)23-29(27,28)17-9-6-15(7-10-17)4-5-16-8-11-19(24)18(13-16)21(25)26;/h2-13,24H,1H3,(H,22,23)(H,25,26);/q;+1/p-1/b5-4+;. The fraction of sp³-hybridized carbons (Fsp3) is 0.0476. The number of anilines is 1. The molecule has 7 nitrogen and oxygen atoms in total. The number of aromatic carboxylic acids is 1. The second-order valence-corrected chi connectivity index (χ2v) is 7.92. The molecular weight excluding hydrogens is 431 g/mol.